The highest BCUT2D eigenvalue weighted by atomic mass is 32.2. The minimum atomic E-state index is -3.03. The molecule has 0 aromatic carbocycles. The van der Waals surface area contributed by atoms with Crippen LogP contribution in [0.5, 0.6) is 0 Å². The quantitative estimate of drug-likeness (QED) is 0.649. The van der Waals surface area contributed by atoms with E-state index in [9.17, 15) is 8.42 Å². The summed E-state index contributed by atoms with van der Waals surface area (Å²) in [6.07, 6.45) is 1.81. The zero-order valence-corrected chi connectivity index (χ0v) is 15.9. The number of sulfone groups is 1. The van der Waals surface area contributed by atoms with Gasteiger partial charge in [0.15, 0.2) is 15.8 Å². The monoisotopic (exact) mass is 358 g/mol. The summed E-state index contributed by atoms with van der Waals surface area (Å²) in [4.78, 5) is 10.9. The first-order valence-electron chi connectivity index (χ1n) is 7.90. The molecule has 0 spiro atoms. The average molecular weight is 359 g/mol. The number of guanidine groups is 1. The highest BCUT2D eigenvalue weighted by Crippen LogP contribution is 2.23. The molecular weight excluding hydrogens is 332 g/mol. The molecule has 23 heavy (non-hydrogen) atoms. The summed E-state index contributed by atoms with van der Waals surface area (Å²) in [5.74, 6) is 0.936. The number of hydrogen-bond donors (Lipinski definition) is 1. The highest BCUT2D eigenvalue weighted by Gasteiger charge is 2.40. The molecule has 1 saturated heterocycles. The van der Waals surface area contributed by atoms with Gasteiger partial charge in [-0.15, -0.1) is 11.3 Å². The van der Waals surface area contributed by atoms with Crippen molar-refractivity contribution in [1.29, 1.82) is 0 Å². The fraction of sp³-hybridized carbons (Fsp3) is 0.733. The number of hydrogen-bond acceptors (Lipinski definition) is 5. The number of nitrogens with zero attached hydrogens (tertiary/aromatic N) is 3. The van der Waals surface area contributed by atoms with Gasteiger partial charge < -0.3 is 10.2 Å². The molecule has 1 aromatic rings. The third kappa shape index (κ3) is 4.23. The molecular formula is C15H26N4O2S2. The van der Waals surface area contributed by atoms with Gasteiger partial charge in [0.05, 0.1) is 21.2 Å². The van der Waals surface area contributed by atoms with Crippen molar-refractivity contribution in [2.45, 2.75) is 38.4 Å². The van der Waals surface area contributed by atoms with E-state index in [1.807, 2.05) is 4.90 Å². The van der Waals surface area contributed by atoms with Gasteiger partial charge in [-0.3, -0.25) is 4.99 Å². The SMILES string of the molecule is CCc1nc(CCNC(=NC)N2CCS(=O)(=O)C(C)(C)C2)cs1. The molecule has 0 radical (unpaired) electrons. The molecule has 1 N–H and O–H groups in total. The first-order valence-corrected chi connectivity index (χ1v) is 10.4. The van der Waals surface area contributed by atoms with E-state index in [4.69, 9.17) is 0 Å². The normalized spacial score (nSPS) is 20.5. The van der Waals surface area contributed by atoms with E-state index in [1.54, 1.807) is 32.2 Å². The predicted octanol–water partition coefficient (Wildman–Crippen LogP) is 1.33. The first kappa shape index (κ1) is 18.2. The van der Waals surface area contributed by atoms with Gasteiger partial charge in [0.1, 0.15) is 0 Å². The molecule has 6 nitrogen and oxygen atoms in total. The molecule has 0 saturated carbocycles. The van der Waals surface area contributed by atoms with Crippen molar-refractivity contribution >= 4 is 27.1 Å². The summed E-state index contributed by atoms with van der Waals surface area (Å²) in [6.45, 7) is 7.36. The third-order valence-corrected chi connectivity index (χ3v) is 7.70. The minimum absolute atomic E-state index is 0.173. The van der Waals surface area contributed by atoms with Gasteiger partial charge in [0.25, 0.3) is 0 Å². The Kier molecular flexibility index (Phi) is 5.67. The molecule has 1 fully saturated rings. The van der Waals surface area contributed by atoms with E-state index < -0.39 is 14.6 Å². The first-order chi connectivity index (χ1) is 10.8. The molecule has 130 valence electrons. The van der Waals surface area contributed by atoms with Gasteiger partial charge in [-0.25, -0.2) is 13.4 Å². The van der Waals surface area contributed by atoms with E-state index in [-0.39, 0.29) is 5.75 Å². The lowest BCUT2D eigenvalue weighted by atomic mass is 10.2. The summed E-state index contributed by atoms with van der Waals surface area (Å²) >= 11 is 1.70. The van der Waals surface area contributed by atoms with Gasteiger partial charge in [0, 0.05) is 38.5 Å². The zero-order chi connectivity index (χ0) is 17.1. The Balaban J connectivity index is 1.91. The van der Waals surface area contributed by atoms with Gasteiger partial charge in [0.2, 0.25) is 0 Å². The Hall–Kier alpha value is -1.15. The fourth-order valence-electron chi connectivity index (χ4n) is 2.59. The Morgan fingerprint density at radius 3 is 2.83 bits per heavy atom. The molecule has 0 amide bonds. The molecule has 1 aliphatic rings. The van der Waals surface area contributed by atoms with Crippen molar-refractivity contribution in [2.24, 2.45) is 4.99 Å². The second-order valence-electron chi connectivity index (χ2n) is 6.31. The van der Waals surface area contributed by atoms with Crippen LogP contribution in [0.2, 0.25) is 0 Å². The van der Waals surface area contributed by atoms with E-state index in [2.05, 4.69) is 27.6 Å². The van der Waals surface area contributed by atoms with Crippen LogP contribution in [-0.4, -0.2) is 61.4 Å². The largest absolute Gasteiger partial charge is 0.356 e. The lowest BCUT2D eigenvalue weighted by Gasteiger charge is -2.39. The Bertz CT molecular complexity index is 665. The number of thiazole rings is 1. The van der Waals surface area contributed by atoms with Crippen LogP contribution in [-0.2, 0) is 22.7 Å². The van der Waals surface area contributed by atoms with E-state index in [1.165, 1.54) is 0 Å². The zero-order valence-electron chi connectivity index (χ0n) is 14.3. The standard InChI is InChI=1S/C15H26N4O2S2/c1-5-13-18-12(10-22-13)6-7-17-14(16-4)19-8-9-23(20,21)15(2,3)11-19/h10H,5-9,11H2,1-4H3,(H,16,17). The van der Waals surface area contributed by atoms with Crippen LogP contribution in [0, 0.1) is 0 Å². The second-order valence-corrected chi connectivity index (χ2v) is 10.00. The smallest absolute Gasteiger partial charge is 0.193 e. The third-order valence-electron chi connectivity index (χ3n) is 4.12. The van der Waals surface area contributed by atoms with Crippen LogP contribution in [0.3, 0.4) is 0 Å². The minimum Gasteiger partial charge on any atom is -0.356 e. The highest BCUT2D eigenvalue weighted by molar-refractivity contribution is 7.92. The van der Waals surface area contributed by atoms with Crippen LogP contribution in [0.4, 0.5) is 0 Å². The maximum Gasteiger partial charge on any atom is 0.193 e. The topological polar surface area (TPSA) is 74.7 Å². The molecule has 0 unspecified atom stereocenters. The van der Waals surface area contributed by atoms with Crippen LogP contribution < -0.4 is 5.32 Å². The maximum atomic E-state index is 12.1. The summed E-state index contributed by atoms with van der Waals surface area (Å²) in [5.41, 5.74) is 1.09. The van der Waals surface area contributed by atoms with Crippen molar-refractivity contribution in [3.63, 3.8) is 0 Å². The van der Waals surface area contributed by atoms with E-state index >= 15 is 0 Å². The van der Waals surface area contributed by atoms with Crippen LogP contribution >= 0.6 is 11.3 Å². The number of aryl methyl sites for hydroxylation is 1. The summed E-state index contributed by atoms with van der Waals surface area (Å²) in [7, 11) is -1.30. The lowest BCUT2D eigenvalue weighted by Crippen LogP contribution is -2.57. The summed E-state index contributed by atoms with van der Waals surface area (Å²) < 4.78 is 23.4. The number of nitrogens with one attached hydrogen (secondary N) is 1. The molecule has 0 atom stereocenters. The molecule has 2 heterocycles. The van der Waals surface area contributed by atoms with Gasteiger partial charge in [-0.1, -0.05) is 6.92 Å². The van der Waals surface area contributed by atoms with E-state index in [0.717, 1.165) is 36.0 Å². The van der Waals surface area contributed by atoms with Crippen molar-refractivity contribution in [3.05, 3.63) is 16.1 Å². The Morgan fingerprint density at radius 2 is 2.26 bits per heavy atom. The Morgan fingerprint density at radius 1 is 1.52 bits per heavy atom. The molecule has 8 heteroatoms. The summed E-state index contributed by atoms with van der Waals surface area (Å²) in [6, 6.07) is 0. The van der Waals surface area contributed by atoms with Crippen molar-refractivity contribution in [2.75, 3.05) is 32.4 Å². The molecule has 1 aliphatic heterocycles. The number of rotatable bonds is 4. The fourth-order valence-corrected chi connectivity index (χ4v) is 4.73. The molecule has 2 rings (SSSR count). The molecule has 1 aromatic heterocycles. The number of aliphatic imine (C=N–C) groups is 1. The van der Waals surface area contributed by atoms with Crippen LogP contribution in [0.15, 0.2) is 10.4 Å². The van der Waals surface area contributed by atoms with Crippen LogP contribution in [0.25, 0.3) is 0 Å². The van der Waals surface area contributed by atoms with Gasteiger partial charge >= 0.3 is 0 Å². The molecule has 0 aliphatic carbocycles. The lowest BCUT2D eigenvalue weighted by molar-refractivity contribution is 0.353. The van der Waals surface area contributed by atoms with Crippen molar-refractivity contribution in [3.8, 4) is 0 Å². The second kappa shape index (κ2) is 7.17. The van der Waals surface area contributed by atoms with Crippen molar-refractivity contribution in [1.82, 2.24) is 15.2 Å². The van der Waals surface area contributed by atoms with Crippen molar-refractivity contribution < 1.29 is 8.42 Å². The van der Waals surface area contributed by atoms with Gasteiger partial charge in [-0.2, -0.15) is 0 Å². The van der Waals surface area contributed by atoms with Gasteiger partial charge in [-0.05, 0) is 20.3 Å². The summed E-state index contributed by atoms with van der Waals surface area (Å²) in [5, 5.41) is 6.58. The Labute approximate surface area is 142 Å². The number of aromatic nitrogens is 1. The van der Waals surface area contributed by atoms with E-state index in [0.29, 0.717) is 13.1 Å². The predicted molar refractivity (Wildman–Crippen MR) is 96.0 cm³/mol. The van der Waals surface area contributed by atoms with Crippen LogP contribution in [0.1, 0.15) is 31.5 Å². The average Bonchev–Trinajstić information content (AvgIpc) is 2.95. The molecule has 0 bridgehead atoms. The maximum absolute atomic E-state index is 12.1.